The Labute approximate surface area is 714 Å². The van der Waals surface area contributed by atoms with Crippen molar-refractivity contribution in [3.05, 3.63) is 479 Å². The minimum absolute atomic E-state index is 1.13. The molecule has 0 aromatic heterocycles. The highest BCUT2D eigenvalue weighted by molar-refractivity contribution is 6.34. The van der Waals surface area contributed by atoms with Crippen LogP contribution in [0.3, 0.4) is 0 Å². The summed E-state index contributed by atoms with van der Waals surface area (Å²) in [5, 5.41) is 15.6. The van der Waals surface area contributed by atoms with Gasteiger partial charge in [0.1, 0.15) is 0 Å². The number of benzene rings is 21. The van der Waals surface area contributed by atoms with Crippen molar-refractivity contribution in [1.29, 1.82) is 0 Å². The maximum atomic E-state index is 2.31. The van der Waals surface area contributed by atoms with Crippen molar-refractivity contribution < 1.29 is 0 Å². The molecule has 122 heavy (non-hydrogen) atoms. The number of rotatable bonds is 18. The summed E-state index contributed by atoms with van der Waals surface area (Å²) in [5.74, 6) is 0. The molecular formula is C116H90N6. The number of anilines is 15. The molecule has 0 spiro atoms. The molecule has 21 rings (SSSR count). The van der Waals surface area contributed by atoms with Crippen molar-refractivity contribution in [3.8, 4) is 33.4 Å². The van der Waals surface area contributed by atoms with Crippen LogP contribution in [0, 0.1) is 6.92 Å². The lowest BCUT2D eigenvalue weighted by molar-refractivity contribution is 1.20. The van der Waals surface area contributed by atoms with Crippen molar-refractivity contribution in [3.63, 3.8) is 0 Å². The highest BCUT2D eigenvalue weighted by Gasteiger charge is 2.21. The summed E-state index contributed by atoms with van der Waals surface area (Å²) in [6.45, 7) is 2.11. The summed E-state index contributed by atoms with van der Waals surface area (Å²) in [7, 11) is 6.44. The van der Waals surface area contributed by atoms with Gasteiger partial charge in [0, 0.05) is 117 Å². The zero-order chi connectivity index (χ0) is 82.2. The van der Waals surface area contributed by atoms with Crippen molar-refractivity contribution in [2.45, 2.75) is 6.92 Å². The standard InChI is InChI=1S/C45H32N2.C39H30N2.C32H28N2/c1-46(43-30-29-41-39-18-9-12-33-11-8-17-38(44(33)39)40-19-10-20-42(43)45(40)41)34-25-21-31(22-26-34)32-23-27-37(28-24-32)47(35-13-4-2-5-14-35)36-15-6-3-7-16-36;1-40(39-28-31-12-8-9-17-36(31)37-18-10-11-19-38(37)39)32-24-20-29(21-25-32)30-22-26-35(27-23-30)41(33-13-4-2-5-14-33)34-15-6-3-7-16-34;1-25-13-19-28(20-14-25)33(2)29-21-15-26(16-22-29)27-17-23-32(24-18-27)34(30-9-5-3-6-10-30)31-11-7-4-8-12-31/h2-30H,1H3;2-28H,1H3;3-24H,1-2H3. The minimum atomic E-state index is 1.13. The molecule has 0 radical (unpaired) electrons. The second-order valence-electron chi connectivity index (χ2n) is 31.0. The van der Waals surface area contributed by atoms with E-state index in [1.165, 1.54) is 126 Å². The molecule has 0 aliphatic rings. The molecule has 0 unspecified atom stereocenters. The Kier molecular flexibility index (Phi) is 21.5. The van der Waals surface area contributed by atoms with Gasteiger partial charge in [-0.05, 0) is 264 Å². The first-order valence-corrected chi connectivity index (χ1v) is 41.8. The van der Waals surface area contributed by atoms with Gasteiger partial charge in [-0.1, -0.05) is 309 Å². The summed E-state index contributed by atoms with van der Waals surface area (Å²) < 4.78 is 0. The van der Waals surface area contributed by atoms with Crippen LogP contribution in [0.4, 0.5) is 85.3 Å². The van der Waals surface area contributed by atoms with Crippen LogP contribution in [0.15, 0.2) is 473 Å². The lowest BCUT2D eigenvalue weighted by Gasteiger charge is -2.25. The smallest absolute Gasteiger partial charge is 0.0494 e. The van der Waals surface area contributed by atoms with Crippen LogP contribution in [0.2, 0.25) is 0 Å². The van der Waals surface area contributed by atoms with Gasteiger partial charge in [-0.3, -0.25) is 0 Å². The van der Waals surface area contributed by atoms with Crippen molar-refractivity contribution in [2.24, 2.45) is 0 Å². The first-order chi connectivity index (χ1) is 60.2. The molecule has 21 aromatic rings. The van der Waals surface area contributed by atoms with E-state index in [1.807, 2.05) is 0 Å². The molecule has 0 atom stereocenters. The van der Waals surface area contributed by atoms with Gasteiger partial charge in [0.15, 0.2) is 0 Å². The number of nitrogens with zero attached hydrogens (tertiary/aromatic N) is 6. The van der Waals surface area contributed by atoms with Gasteiger partial charge in [-0.25, -0.2) is 0 Å². The van der Waals surface area contributed by atoms with Gasteiger partial charge < -0.3 is 29.4 Å². The Balaban J connectivity index is 0.000000122. The summed E-state index contributed by atoms with van der Waals surface area (Å²) in [6.07, 6.45) is 0. The molecular weight excluding hydrogens is 1480 g/mol. The summed E-state index contributed by atoms with van der Waals surface area (Å²) >= 11 is 0. The molecule has 0 bridgehead atoms. The Morgan fingerprint density at radius 1 is 0.148 bits per heavy atom. The zero-order valence-corrected chi connectivity index (χ0v) is 68.7. The van der Waals surface area contributed by atoms with Crippen LogP contribution in [0.25, 0.3) is 98.0 Å². The van der Waals surface area contributed by atoms with E-state index in [2.05, 4.69) is 531 Å². The van der Waals surface area contributed by atoms with Crippen LogP contribution in [0.5, 0.6) is 0 Å². The van der Waals surface area contributed by atoms with E-state index >= 15 is 0 Å². The fourth-order valence-corrected chi connectivity index (χ4v) is 17.3. The predicted molar refractivity (Wildman–Crippen MR) is 524 cm³/mol. The molecule has 6 heteroatoms. The normalized spacial score (nSPS) is 11.1. The minimum Gasteiger partial charge on any atom is -0.345 e. The van der Waals surface area contributed by atoms with E-state index in [4.69, 9.17) is 0 Å². The van der Waals surface area contributed by atoms with E-state index in [0.717, 1.165) is 62.6 Å². The number of fused-ring (bicyclic) bond motifs is 5. The van der Waals surface area contributed by atoms with Gasteiger partial charge in [0.2, 0.25) is 0 Å². The van der Waals surface area contributed by atoms with Crippen LogP contribution < -0.4 is 29.4 Å². The van der Waals surface area contributed by atoms with Crippen LogP contribution in [-0.2, 0) is 0 Å². The first-order valence-electron chi connectivity index (χ1n) is 41.8. The molecule has 0 saturated carbocycles. The van der Waals surface area contributed by atoms with Gasteiger partial charge in [0.25, 0.3) is 0 Å². The predicted octanol–water partition coefficient (Wildman–Crippen LogP) is 32.4. The lowest BCUT2D eigenvalue weighted by atomic mass is 9.89. The monoisotopic (exact) mass is 1570 g/mol. The summed E-state index contributed by atoms with van der Waals surface area (Å²) in [5.41, 5.74) is 25.8. The zero-order valence-electron chi connectivity index (χ0n) is 68.7. The molecule has 0 fully saturated rings. The van der Waals surface area contributed by atoms with Crippen molar-refractivity contribution in [1.82, 2.24) is 0 Å². The number of hydrogen-bond acceptors (Lipinski definition) is 6. The SMILES string of the molecule is CN(c1ccc(-c2ccc(N(c3ccccc3)c3ccccc3)cc2)cc1)c1cc2ccccc2c2ccccc12.CN(c1ccc(-c2ccc(N(c3ccccc3)c3ccccc3)cc2)cc1)c1ccc2c3cccc4cccc(c5cccc1c52)c43.Cc1ccc(N(C)c2ccc(-c3ccc(N(c4ccccc4)c4ccccc4)cc3)cc2)cc1. The molecule has 6 nitrogen and oxygen atoms in total. The molecule has 0 N–H and O–H groups in total. The highest BCUT2D eigenvalue weighted by Crippen LogP contribution is 2.46. The third-order valence-electron chi connectivity index (χ3n) is 23.6. The van der Waals surface area contributed by atoms with Gasteiger partial charge in [-0.15, -0.1) is 0 Å². The van der Waals surface area contributed by atoms with E-state index in [9.17, 15) is 0 Å². The highest BCUT2D eigenvalue weighted by atomic mass is 15.2. The van der Waals surface area contributed by atoms with E-state index in [0.29, 0.717) is 0 Å². The Hall–Kier alpha value is -15.8. The molecule has 0 aliphatic carbocycles. The second kappa shape index (κ2) is 34.4. The largest absolute Gasteiger partial charge is 0.345 e. The van der Waals surface area contributed by atoms with E-state index in [1.54, 1.807) is 0 Å². The Morgan fingerprint density at radius 2 is 0.393 bits per heavy atom. The number of para-hydroxylation sites is 6. The maximum Gasteiger partial charge on any atom is 0.0494 e. The lowest BCUT2D eigenvalue weighted by Crippen LogP contribution is -2.10. The maximum absolute atomic E-state index is 2.31. The van der Waals surface area contributed by atoms with Crippen LogP contribution in [-0.4, -0.2) is 21.1 Å². The number of hydrogen-bond donors (Lipinski definition) is 0. The molecule has 21 aromatic carbocycles. The van der Waals surface area contributed by atoms with Crippen LogP contribution in [0.1, 0.15) is 5.56 Å². The van der Waals surface area contributed by atoms with Gasteiger partial charge >= 0.3 is 0 Å². The van der Waals surface area contributed by atoms with Crippen LogP contribution >= 0.6 is 0 Å². The quantitative estimate of drug-likeness (QED) is 0.0625. The van der Waals surface area contributed by atoms with E-state index in [-0.39, 0.29) is 0 Å². The second-order valence-corrected chi connectivity index (χ2v) is 31.0. The van der Waals surface area contributed by atoms with Gasteiger partial charge in [-0.2, -0.15) is 0 Å². The molecule has 584 valence electrons. The van der Waals surface area contributed by atoms with E-state index < -0.39 is 0 Å². The first kappa shape index (κ1) is 76.2. The van der Waals surface area contributed by atoms with Crippen molar-refractivity contribution >= 4 is 150 Å². The number of aryl methyl sites for hydroxylation is 1. The topological polar surface area (TPSA) is 19.4 Å². The fraction of sp³-hybridized carbons (Fsp3) is 0.0345. The average molecular weight is 1570 g/mol. The summed E-state index contributed by atoms with van der Waals surface area (Å²) in [4.78, 5) is 13.7. The molecule has 0 aliphatic heterocycles. The summed E-state index contributed by atoms with van der Waals surface area (Å²) in [6, 6.07) is 169. The fourth-order valence-electron chi connectivity index (χ4n) is 17.3. The Bertz CT molecular complexity index is 6940. The van der Waals surface area contributed by atoms with Gasteiger partial charge in [0.05, 0.1) is 0 Å². The molecule has 0 amide bonds. The van der Waals surface area contributed by atoms with Crippen molar-refractivity contribution in [2.75, 3.05) is 50.5 Å². The average Bonchev–Trinajstić information content (AvgIpc) is 0.716. The third-order valence-corrected chi connectivity index (χ3v) is 23.6. The molecule has 0 heterocycles. The Morgan fingerprint density at radius 3 is 0.762 bits per heavy atom. The third kappa shape index (κ3) is 15.6. The molecule has 0 saturated heterocycles.